The summed E-state index contributed by atoms with van der Waals surface area (Å²) in [6.45, 7) is 5.04. The zero-order valence-corrected chi connectivity index (χ0v) is 16.4. The molecule has 3 saturated heterocycles. The Morgan fingerprint density at radius 3 is 2.66 bits per heavy atom. The Bertz CT molecular complexity index is 961. The van der Waals surface area contributed by atoms with Crippen LogP contribution in [0.1, 0.15) is 35.5 Å². The molecule has 3 atom stereocenters. The lowest BCUT2D eigenvalue weighted by molar-refractivity contribution is -0.0508. The van der Waals surface area contributed by atoms with Crippen LogP contribution in [0.25, 0.3) is 11.1 Å². The standard InChI is InChI=1S/C20H25N5O4/c1-11-2-5-15-16(17(18(21)26)29-19(15)22-11)23-20(27)24-7-6-12(8-24)25-9-13-3-4-14(10-25)28-13/h2,5,12-14H,3-4,6-10H2,1H3,(H2,21,26)(H,23,27)/t12-,13?,14?/m1/s1. The second kappa shape index (κ2) is 7.00. The van der Waals surface area contributed by atoms with Crippen molar-refractivity contribution in [1.82, 2.24) is 14.8 Å². The van der Waals surface area contributed by atoms with Crippen LogP contribution in [0.2, 0.25) is 0 Å². The van der Waals surface area contributed by atoms with Crippen molar-refractivity contribution in [2.24, 2.45) is 5.73 Å². The largest absolute Gasteiger partial charge is 0.430 e. The Labute approximate surface area is 168 Å². The third kappa shape index (κ3) is 3.34. The fourth-order valence-corrected chi connectivity index (χ4v) is 4.72. The summed E-state index contributed by atoms with van der Waals surface area (Å²) < 4.78 is 11.4. The Balaban J connectivity index is 1.31. The van der Waals surface area contributed by atoms with E-state index >= 15 is 0 Å². The smallest absolute Gasteiger partial charge is 0.322 e. The van der Waals surface area contributed by atoms with Crippen molar-refractivity contribution >= 4 is 28.7 Å². The Morgan fingerprint density at radius 2 is 1.93 bits per heavy atom. The topological polar surface area (TPSA) is 114 Å². The quantitative estimate of drug-likeness (QED) is 0.812. The summed E-state index contributed by atoms with van der Waals surface area (Å²) in [7, 11) is 0. The predicted molar refractivity (Wildman–Crippen MR) is 106 cm³/mol. The molecule has 9 heteroatoms. The van der Waals surface area contributed by atoms with Gasteiger partial charge in [-0.05, 0) is 38.3 Å². The SMILES string of the molecule is Cc1ccc2c(NC(=O)N3CC[C@@H](N4CC5CCC(C4)O5)C3)c(C(N)=O)oc2n1. The molecule has 3 aliphatic rings. The number of fused-ring (bicyclic) bond motifs is 3. The van der Waals surface area contributed by atoms with Crippen LogP contribution in [0.3, 0.4) is 0 Å². The number of amides is 3. The van der Waals surface area contributed by atoms with Crippen molar-refractivity contribution in [2.75, 3.05) is 31.5 Å². The first kappa shape index (κ1) is 18.4. The number of aromatic nitrogens is 1. The van der Waals surface area contributed by atoms with Crippen molar-refractivity contribution in [2.45, 2.75) is 44.4 Å². The molecule has 2 aromatic rings. The van der Waals surface area contributed by atoms with Crippen LogP contribution in [0, 0.1) is 6.92 Å². The number of nitrogens with zero attached hydrogens (tertiary/aromatic N) is 3. The monoisotopic (exact) mass is 399 g/mol. The number of carbonyl (C=O) groups excluding carboxylic acids is 2. The summed E-state index contributed by atoms with van der Waals surface area (Å²) >= 11 is 0. The van der Waals surface area contributed by atoms with Gasteiger partial charge in [0.15, 0.2) is 0 Å². The first-order valence-corrected chi connectivity index (χ1v) is 10.1. The van der Waals surface area contributed by atoms with Gasteiger partial charge in [0, 0.05) is 37.9 Å². The number of furan rings is 1. The van der Waals surface area contributed by atoms with E-state index in [-0.39, 0.29) is 23.2 Å². The van der Waals surface area contributed by atoms with E-state index < -0.39 is 5.91 Å². The van der Waals surface area contributed by atoms with Crippen LogP contribution in [-0.4, -0.2) is 71.2 Å². The lowest BCUT2D eigenvalue weighted by Gasteiger charge is -2.36. The maximum Gasteiger partial charge on any atom is 0.322 e. The zero-order chi connectivity index (χ0) is 20.1. The van der Waals surface area contributed by atoms with Crippen LogP contribution in [0.5, 0.6) is 0 Å². The highest BCUT2D eigenvalue weighted by molar-refractivity contribution is 6.09. The van der Waals surface area contributed by atoms with E-state index in [1.165, 1.54) is 0 Å². The zero-order valence-electron chi connectivity index (χ0n) is 16.4. The summed E-state index contributed by atoms with van der Waals surface area (Å²) in [4.78, 5) is 33.3. The van der Waals surface area contributed by atoms with Gasteiger partial charge >= 0.3 is 6.03 Å². The number of ether oxygens (including phenoxy) is 1. The van der Waals surface area contributed by atoms with Gasteiger partial charge in [0.05, 0.1) is 17.6 Å². The minimum absolute atomic E-state index is 0.0769. The average molecular weight is 399 g/mol. The summed E-state index contributed by atoms with van der Waals surface area (Å²) in [6.07, 6.45) is 3.87. The predicted octanol–water partition coefficient (Wildman–Crippen LogP) is 1.70. The molecule has 0 saturated carbocycles. The fraction of sp³-hybridized carbons (Fsp3) is 0.550. The van der Waals surface area contributed by atoms with E-state index in [1.54, 1.807) is 17.0 Å². The van der Waals surface area contributed by atoms with Gasteiger partial charge < -0.3 is 25.1 Å². The number of rotatable bonds is 3. The Hall–Kier alpha value is -2.65. The molecule has 5 heterocycles. The number of nitrogens with two attached hydrogens (primary N) is 1. The van der Waals surface area contributed by atoms with Crippen LogP contribution >= 0.6 is 0 Å². The number of pyridine rings is 1. The van der Waals surface area contributed by atoms with Crippen molar-refractivity contribution in [1.29, 1.82) is 0 Å². The van der Waals surface area contributed by atoms with Gasteiger partial charge in [-0.2, -0.15) is 0 Å². The summed E-state index contributed by atoms with van der Waals surface area (Å²) in [5.41, 5.74) is 6.78. The number of likely N-dealkylation sites (tertiary alicyclic amines) is 2. The molecule has 3 aliphatic heterocycles. The second-order valence-electron chi connectivity index (χ2n) is 8.21. The summed E-state index contributed by atoms with van der Waals surface area (Å²) in [5, 5.41) is 3.41. The molecule has 3 N–H and O–H groups in total. The highest BCUT2D eigenvalue weighted by Gasteiger charge is 2.39. The molecule has 9 nitrogen and oxygen atoms in total. The first-order valence-electron chi connectivity index (χ1n) is 10.1. The van der Waals surface area contributed by atoms with Crippen LogP contribution < -0.4 is 11.1 Å². The molecule has 0 aromatic carbocycles. The van der Waals surface area contributed by atoms with Gasteiger partial charge in [-0.15, -0.1) is 0 Å². The minimum atomic E-state index is -0.737. The molecule has 3 fully saturated rings. The average Bonchev–Trinajstić information content (AvgIpc) is 3.39. The highest BCUT2D eigenvalue weighted by atomic mass is 16.5. The number of urea groups is 1. The minimum Gasteiger partial charge on any atom is -0.430 e. The highest BCUT2D eigenvalue weighted by Crippen LogP contribution is 2.32. The number of nitrogens with one attached hydrogen (secondary N) is 1. The lowest BCUT2D eigenvalue weighted by Crippen LogP contribution is -2.49. The Morgan fingerprint density at radius 1 is 1.17 bits per heavy atom. The van der Waals surface area contributed by atoms with Crippen LogP contribution in [-0.2, 0) is 4.74 Å². The third-order valence-electron chi connectivity index (χ3n) is 6.19. The van der Waals surface area contributed by atoms with E-state index in [4.69, 9.17) is 14.9 Å². The molecule has 5 rings (SSSR count). The van der Waals surface area contributed by atoms with Gasteiger partial charge in [0.1, 0.15) is 5.69 Å². The molecular weight excluding hydrogens is 374 g/mol. The molecule has 0 aliphatic carbocycles. The van der Waals surface area contributed by atoms with Gasteiger partial charge in [0.2, 0.25) is 11.5 Å². The lowest BCUT2D eigenvalue weighted by atomic mass is 10.2. The molecule has 29 heavy (non-hydrogen) atoms. The van der Waals surface area contributed by atoms with Gasteiger partial charge in [-0.1, -0.05) is 0 Å². The maximum absolute atomic E-state index is 12.9. The number of anilines is 1. The summed E-state index contributed by atoms with van der Waals surface area (Å²) in [6, 6.07) is 3.67. The normalized spacial score (nSPS) is 26.9. The molecule has 154 valence electrons. The van der Waals surface area contributed by atoms with Gasteiger partial charge in [0.25, 0.3) is 5.91 Å². The third-order valence-corrected chi connectivity index (χ3v) is 6.19. The molecule has 0 spiro atoms. The number of hydrogen-bond acceptors (Lipinski definition) is 6. The van der Waals surface area contributed by atoms with Crippen LogP contribution in [0.4, 0.5) is 10.5 Å². The number of morpholine rings is 1. The van der Waals surface area contributed by atoms with E-state index in [0.29, 0.717) is 36.7 Å². The molecule has 2 aromatic heterocycles. The fourth-order valence-electron chi connectivity index (χ4n) is 4.72. The molecule has 2 bridgehead atoms. The van der Waals surface area contributed by atoms with Crippen LogP contribution in [0.15, 0.2) is 16.5 Å². The number of hydrogen-bond donors (Lipinski definition) is 2. The molecule has 3 amide bonds. The molecular formula is C20H25N5O4. The maximum atomic E-state index is 12.9. The first-order chi connectivity index (χ1) is 14.0. The van der Waals surface area contributed by atoms with Crippen molar-refractivity contribution in [3.05, 3.63) is 23.6 Å². The number of primary amides is 1. The molecule has 2 unspecified atom stereocenters. The van der Waals surface area contributed by atoms with Crippen molar-refractivity contribution < 1.29 is 18.7 Å². The van der Waals surface area contributed by atoms with Gasteiger partial charge in [-0.25, -0.2) is 9.78 Å². The number of carbonyl (C=O) groups is 2. The van der Waals surface area contributed by atoms with Crippen molar-refractivity contribution in [3.63, 3.8) is 0 Å². The summed E-state index contributed by atoms with van der Waals surface area (Å²) in [5.74, 6) is -0.814. The van der Waals surface area contributed by atoms with E-state index in [9.17, 15) is 9.59 Å². The van der Waals surface area contributed by atoms with Gasteiger partial charge in [-0.3, -0.25) is 9.69 Å². The van der Waals surface area contributed by atoms with E-state index in [2.05, 4.69) is 15.2 Å². The second-order valence-corrected chi connectivity index (χ2v) is 8.21. The van der Waals surface area contributed by atoms with Crippen molar-refractivity contribution in [3.8, 4) is 0 Å². The Kier molecular flexibility index (Phi) is 4.44. The van der Waals surface area contributed by atoms with E-state index in [0.717, 1.165) is 38.0 Å². The van der Waals surface area contributed by atoms with E-state index in [1.807, 2.05) is 6.92 Å². The molecule has 0 radical (unpaired) electrons. The number of aryl methyl sites for hydroxylation is 1.